The highest BCUT2D eigenvalue weighted by Gasteiger charge is 2.34. The molecule has 2 aromatic carbocycles. The van der Waals surface area contributed by atoms with Crippen molar-refractivity contribution in [3.63, 3.8) is 0 Å². The van der Waals surface area contributed by atoms with Gasteiger partial charge in [-0.15, -0.1) is 5.10 Å². The second-order valence-electron chi connectivity index (χ2n) is 7.84. The highest BCUT2D eigenvalue weighted by atomic mass is 32.2. The van der Waals surface area contributed by atoms with Gasteiger partial charge in [0.25, 0.3) is 0 Å². The van der Waals surface area contributed by atoms with Crippen molar-refractivity contribution in [2.75, 3.05) is 17.6 Å². The van der Waals surface area contributed by atoms with E-state index in [1.807, 2.05) is 83.7 Å². The van der Waals surface area contributed by atoms with Crippen molar-refractivity contribution in [3.05, 3.63) is 79.1 Å². The molecule has 1 saturated heterocycles. The standard InChI is InChI=1S/C24H23N7O2S/c32-22(17-34-24-26-27-28-31(24)18-9-2-1-3-10-18)30-16-8-13-21(30)23(33)25-19-11-4-5-12-20(19)29-14-6-7-15-29/h1-7,9-12,14-15,21H,8,13,16-17H2,(H,25,33)/t21-/m0/s1. The van der Waals surface area contributed by atoms with Gasteiger partial charge in [0.1, 0.15) is 6.04 Å². The summed E-state index contributed by atoms with van der Waals surface area (Å²) in [6, 6.07) is 20.5. The van der Waals surface area contributed by atoms with Gasteiger partial charge in [0.15, 0.2) is 0 Å². The first-order chi connectivity index (χ1) is 16.7. The number of aromatic nitrogens is 5. The molecule has 1 atom stereocenters. The van der Waals surface area contributed by atoms with Crippen LogP contribution in [0.5, 0.6) is 0 Å². The molecule has 0 aliphatic carbocycles. The fourth-order valence-electron chi connectivity index (χ4n) is 4.06. The summed E-state index contributed by atoms with van der Waals surface area (Å²) in [6.07, 6.45) is 5.28. The van der Waals surface area contributed by atoms with Gasteiger partial charge in [0.05, 0.1) is 22.8 Å². The Morgan fingerprint density at radius 3 is 2.59 bits per heavy atom. The molecular weight excluding hydrogens is 450 g/mol. The van der Waals surface area contributed by atoms with Crippen molar-refractivity contribution in [1.82, 2.24) is 29.7 Å². The van der Waals surface area contributed by atoms with Gasteiger partial charge >= 0.3 is 0 Å². The lowest BCUT2D eigenvalue weighted by Gasteiger charge is -2.24. The van der Waals surface area contributed by atoms with Crippen molar-refractivity contribution in [3.8, 4) is 11.4 Å². The van der Waals surface area contributed by atoms with E-state index in [1.165, 1.54) is 11.8 Å². The van der Waals surface area contributed by atoms with E-state index in [9.17, 15) is 9.59 Å². The number of benzene rings is 2. The van der Waals surface area contributed by atoms with Gasteiger partial charge in [-0.05, 0) is 59.7 Å². The quantitative estimate of drug-likeness (QED) is 0.414. The number of nitrogens with one attached hydrogen (secondary N) is 1. The number of rotatable bonds is 7. The Morgan fingerprint density at radius 1 is 1.00 bits per heavy atom. The molecule has 1 aliphatic heterocycles. The van der Waals surface area contributed by atoms with Gasteiger partial charge in [-0.3, -0.25) is 9.59 Å². The summed E-state index contributed by atoms with van der Waals surface area (Å²) in [5.74, 6) is -0.134. The zero-order valence-corrected chi connectivity index (χ0v) is 19.1. The Morgan fingerprint density at radius 2 is 1.76 bits per heavy atom. The lowest BCUT2D eigenvalue weighted by Crippen LogP contribution is -2.44. The predicted molar refractivity (Wildman–Crippen MR) is 129 cm³/mol. The average Bonchev–Trinajstić information content (AvgIpc) is 3.65. The molecule has 34 heavy (non-hydrogen) atoms. The molecule has 2 amide bonds. The van der Waals surface area contributed by atoms with Crippen LogP contribution < -0.4 is 5.32 Å². The molecule has 1 N–H and O–H groups in total. The van der Waals surface area contributed by atoms with E-state index in [0.29, 0.717) is 23.8 Å². The van der Waals surface area contributed by atoms with Crippen LogP contribution in [0.15, 0.2) is 84.3 Å². The maximum atomic E-state index is 13.2. The SMILES string of the molecule is O=C(Nc1ccccc1-n1cccc1)[C@@H]1CCCN1C(=O)CSc1nnnn1-c1ccccc1. The number of carbonyl (C=O) groups excluding carboxylic acids is 2. The number of hydrogen-bond donors (Lipinski definition) is 1. The van der Waals surface area contributed by atoms with Gasteiger partial charge in [0.2, 0.25) is 17.0 Å². The number of para-hydroxylation sites is 3. The second-order valence-corrected chi connectivity index (χ2v) is 8.78. The smallest absolute Gasteiger partial charge is 0.247 e. The van der Waals surface area contributed by atoms with Crippen LogP contribution in [0.25, 0.3) is 11.4 Å². The van der Waals surface area contributed by atoms with Crippen LogP contribution in [-0.4, -0.2) is 59.8 Å². The first-order valence-corrected chi connectivity index (χ1v) is 12.0. The van der Waals surface area contributed by atoms with Crippen LogP contribution in [0.2, 0.25) is 0 Å². The number of anilines is 1. The largest absolute Gasteiger partial charge is 0.330 e. The Bertz CT molecular complexity index is 1270. The fraction of sp³-hybridized carbons (Fsp3) is 0.208. The topological polar surface area (TPSA) is 97.9 Å². The third-order valence-corrected chi connectivity index (χ3v) is 6.59. The van der Waals surface area contributed by atoms with E-state index in [0.717, 1.165) is 17.8 Å². The molecule has 0 saturated carbocycles. The van der Waals surface area contributed by atoms with Crippen molar-refractivity contribution in [2.45, 2.75) is 24.0 Å². The zero-order chi connectivity index (χ0) is 23.3. The molecule has 5 rings (SSSR count). The number of amides is 2. The molecule has 10 heteroatoms. The number of tetrazole rings is 1. The second kappa shape index (κ2) is 9.92. The molecule has 9 nitrogen and oxygen atoms in total. The molecule has 0 spiro atoms. The molecule has 2 aromatic heterocycles. The van der Waals surface area contributed by atoms with Crippen LogP contribution in [0.4, 0.5) is 5.69 Å². The number of hydrogen-bond acceptors (Lipinski definition) is 6. The van der Waals surface area contributed by atoms with Crippen LogP contribution in [0, 0.1) is 0 Å². The third kappa shape index (κ3) is 4.58. The molecule has 0 bridgehead atoms. The summed E-state index contributed by atoms with van der Waals surface area (Å²) < 4.78 is 3.55. The number of thioether (sulfide) groups is 1. The molecular formula is C24H23N7O2S. The van der Waals surface area contributed by atoms with Crippen LogP contribution in [0.1, 0.15) is 12.8 Å². The van der Waals surface area contributed by atoms with E-state index in [2.05, 4.69) is 20.8 Å². The minimum Gasteiger partial charge on any atom is -0.330 e. The Hall–Kier alpha value is -3.92. The predicted octanol–water partition coefficient (Wildman–Crippen LogP) is 3.17. The van der Waals surface area contributed by atoms with Gasteiger partial charge in [0, 0.05) is 18.9 Å². The molecule has 4 aromatic rings. The maximum Gasteiger partial charge on any atom is 0.247 e. The summed E-state index contributed by atoms with van der Waals surface area (Å²) in [5, 5.41) is 15.4. The zero-order valence-electron chi connectivity index (χ0n) is 18.3. The van der Waals surface area contributed by atoms with E-state index in [1.54, 1.807) is 9.58 Å². The van der Waals surface area contributed by atoms with Gasteiger partial charge < -0.3 is 14.8 Å². The fourth-order valence-corrected chi connectivity index (χ4v) is 4.84. The Balaban J connectivity index is 1.25. The van der Waals surface area contributed by atoms with E-state index in [-0.39, 0.29) is 17.6 Å². The van der Waals surface area contributed by atoms with Crippen LogP contribution in [-0.2, 0) is 9.59 Å². The molecule has 3 heterocycles. The minimum absolute atomic E-state index is 0.107. The first kappa shape index (κ1) is 21.9. The third-order valence-electron chi connectivity index (χ3n) is 5.69. The molecule has 172 valence electrons. The summed E-state index contributed by atoms with van der Waals surface area (Å²) in [4.78, 5) is 27.9. The molecule has 0 unspecified atom stereocenters. The van der Waals surface area contributed by atoms with Crippen molar-refractivity contribution in [1.29, 1.82) is 0 Å². The summed E-state index contributed by atoms with van der Waals surface area (Å²) in [5.41, 5.74) is 2.40. The van der Waals surface area contributed by atoms with Crippen LogP contribution >= 0.6 is 11.8 Å². The van der Waals surface area contributed by atoms with Crippen molar-refractivity contribution in [2.24, 2.45) is 0 Å². The maximum absolute atomic E-state index is 13.2. The number of nitrogens with zero attached hydrogens (tertiary/aromatic N) is 6. The number of likely N-dealkylation sites (tertiary alicyclic amines) is 1. The normalized spacial score (nSPS) is 15.4. The van der Waals surface area contributed by atoms with E-state index in [4.69, 9.17) is 0 Å². The van der Waals surface area contributed by atoms with E-state index >= 15 is 0 Å². The molecule has 0 radical (unpaired) electrons. The van der Waals surface area contributed by atoms with Crippen molar-refractivity contribution < 1.29 is 9.59 Å². The summed E-state index contributed by atoms with van der Waals surface area (Å²) in [7, 11) is 0. The minimum atomic E-state index is -0.504. The monoisotopic (exact) mass is 473 g/mol. The Labute approximate surface area is 200 Å². The Kier molecular flexibility index (Phi) is 6.39. The van der Waals surface area contributed by atoms with Gasteiger partial charge in [-0.1, -0.05) is 42.1 Å². The van der Waals surface area contributed by atoms with Crippen molar-refractivity contribution >= 4 is 29.3 Å². The highest BCUT2D eigenvalue weighted by Crippen LogP contribution is 2.25. The van der Waals surface area contributed by atoms with Crippen LogP contribution in [0.3, 0.4) is 0 Å². The summed E-state index contributed by atoms with van der Waals surface area (Å²) >= 11 is 1.26. The highest BCUT2D eigenvalue weighted by molar-refractivity contribution is 7.99. The molecule has 1 fully saturated rings. The van der Waals surface area contributed by atoms with Gasteiger partial charge in [-0.2, -0.15) is 4.68 Å². The first-order valence-electron chi connectivity index (χ1n) is 11.0. The number of carbonyl (C=O) groups is 2. The molecule has 1 aliphatic rings. The average molecular weight is 474 g/mol. The lowest BCUT2D eigenvalue weighted by molar-refractivity contribution is -0.134. The van der Waals surface area contributed by atoms with Gasteiger partial charge in [-0.25, -0.2) is 0 Å². The summed E-state index contributed by atoms with van der Waals surface area (Å²) in [6.45, 7) is 0.556. The lowest BCUT2D eigenvalue weighted by atomic mass is 10.2. The van der Waals surface area contributed by atoms with E-state index < -0.39 is 6.04 Å².